The Morgan fingerprint density at radius 3 is 3.06 bits per heavy atom. The predicted molar refractivity (Wildman–Crippen MR) is 69.0 cm³/mol. The van der Waals surface area contributed by atoms with Crippen molar-refractivity contribution >= 4 is 0 Å². The molecule has 0 aliphatic rings. The largest absolute Gasteiger partial charge is 0.394 e. The Kier molecular flexibility index (Phi) is 4.87. The van der Waals surface area contributed by atoms with E-state index in [1.54, 1.807) is 4.68 Å². The second-order valence-electron chi connectivity index (χ2n) is 4.08. The van der Waals surface area contributed by atoms with E-state index in [2.05, 4.69) is 15.4 Å². The van der Waals surface area contributed by atoms with Crippen LogP contribution in [0.4, 0.5) is 0 Å². The van der Waals surface area contributed by atoms with Gasteiger partial charge < -0.3 is 10.4 Å². The molecule has 0 atom stereocenters. The number of pyridine rings is 1. The lowest BCUT2D eigenvalue weighted by molar-refractivity contribution is 0.269. The lowest BCUT2D eigenvalue weighted by atomic mass is 10.2. The number of aliphatic hydroxyl groups is 1. The summed E-state index contributed by atoms with van der Waals surface area (Å²) in [7, 11) is 0. The number of aliphatic hydroxyl groups excluding tert-OH is 1. The first-order valence-electron chi connectivity index (χ1n) is 6.11. The van der Waals surface area contributed by atoms with Crippen LogP contribution in [0.15, 0.2) is 36.8 Å². The highest BCUT2D eigenvalue weighted by Crippen LogP contribution is 1.98. The first-order valence-corrected chi connectivity index (χ1v) is 6.11. The molecular weight excluding hydrogens is 228 g/mol. The normalized spacial score (nSPS) is 10.7. The smallest absolute Gasteiger partial charge is 0.0640 e. The summed E-state index contributed by atoms with van der Waals surface area (Å²) in [6.07, 6.45) is 6.51. The van der Waals surface area contributed by atoms with Crippen LogP contribution in [0.3, 0.4) is 0 Å². The molecular formula is C13H18N4O. The van der Waals surface area contributed by atoms with Gasteiger partial charge in [0.2, 0.25) is 0 Å². The maximum atomic E-state index is 8.79. The van der Waals surface area contributed by atoms with Crippen molar-refractivity contribution < 1.29 is 5.11 Å². The minimum Gasteiger partial charge on any atom is -0.394 e. The van der Waals surface area contributed by atoms with Gasteiger partial charge in [-0.05, 0) is 12.1 Å². The summed E-state index contributed by atoms with van der Waals surface area (Å²) >= 11 is 0. The van der Waals surface area contributed by atoms with E-state index in [0.29, 0.717) is 6.54 Å². The van der Waals surface area contributed by atoms with Crippen LogP contribution in [-0.4, -0.2) is 33.0 Å². The van der Waals surface area contributed by atoms with Crippen molar-refractivity contribution in [2.75, 3.05) is 13.2 Å². The summed E-state index contributed by atoms with van der Waals surface area (Å²) in [5.41, 5.74) is 2.23. The zero-order valence-corrected chi connectivity index (χ0v) is 10.3. The first kappa shape index (κ1) is 12.7. The van der Waals surface area contributed by atoms with Crippen LogP contribution < -0.4 is 5.32 Å². The Hall–Kier alpha value is -1.72. The molecule has 0 unspecified atom stereocenters. The first-order chi connectivity index (χ1) is 8.88. The summed E-state index contributed by atoms with van der Waals surface area (Å²) in [6.45, 7) is 2.35. The minimum absolute atomic E-state index is 0.119. The van der Waals surface area contributed by atoms with Crippen molar-refractivity contribution in [3.63, 3.8) is 0 Å². The van der Waals surface area contributed by atoms with E-state index in [1.807, 2.05) is 36.8 Å². The summed E-state index contributed by atoms with van der Waals surface area (Å²) in [5.74, 6) is 0. The number of aromatic nitrogens is 3. The van der Waals surface area contributed by atoms with E-state index in [9.17, 15) is 0 Å². The lowest BCUT2D eigenvalue weighted by Crippen LogP contribution is -2.16. The van der Waals surface area contributed by atoms with Crippen LogP contribution in [0, 0.1) is 0 Å². The van der Waals surface area contributed by atoms with Crippen molar-refractivity contribution in [3.05, 3.63) is 48.0 Å². The molecule has 5 heteroatoms. The summed E-state index contributed by atoms with van der Waals surface area (Å²) < 4.78 is 1.75. The molecule has 0 spiro atoms. The molecule has 2 rings (SSSR count). The fraction of sp³-hybridized carbons (Fsp3) is 0.385. The minimum atomic E-state index is 0.119. The van der Waals surface area contributed by atoms with E-state index in [4.69, 9.17) is 5.11 Å². The van der Waals surface area contributed by atoms with Gasteiger partial charge in [0.15, 0.2) is 0 Å². The molecule has 0 saturated carbocycles. The maximum Gasteiger partial charge on any atom is 0.0640 e. The van der Waals surface area contributed by atoms with Crippen molar-refractivity contribution in [2.24, 2.45) is 0 Å². The molecule has 0 radical (unpaired) electrons. The molecule has 5 nitrogen and oxygen atoms in total. The van der Waals surface area contributed by atoms with Gasteiger partial charge in [-0.15, -0.1) is 0 Å². The molecule has 2 aromatic rings. The maximum absolute atomic E-state index is 8.79. The molecule has 18 heavy (non-hydrogen) atoms. The molecule has 2 heterocycles. The van der Waals surface area contributed by atoms with Crippen LogP contribution in [0.2, 0.25) is 0 Å². The molecule has 0 aromatic carbocycles. The van der Waals surface area contributed by atoms with Crippen LogP contribution in [0.1, 0.15) is 11.3 Å². The Balaban J connectivity index is 1.68. The number of rotatable bonds is 7. The highest BCUT2D eigenvalue weighted by Gasteiger charge is 1.98. The molecule has 0 aliphatic carbocycles. The monoisotopic (exact) mass is 246 g/mol. The average Bonchev–Trinajstić information content (AvgIpc) is 2.84. The molecule has 2 N–H and O–H groups in total. The molecule has 0 amide bonds. The van der Waals surface area contributed by atoms with Gasteiger partial charge in [0.1, 0.15) is 0 Å². The second-order valence-corrected chi connectivity index (χ2v) is 4.08. The van der Waals surface area contributed by atoms with Crippen molar-refractivity contribution in [1.29, 1.82) is 0 Å². The number of nitrogens with one attached hydrogen (secondary N) is 1. The van der Waals surface area contributed by atoms with E-state index in [-0.39, 0.29) is 6.61 Å². The Morgan fingerprint density at radius 1 is 1.33 bits per heavy atom. The zero-order valence-electron chi connectivity index (χ0n) is 10.3. The van der Waals surface area contributed by atoms with E-state index < -0.39 is 0 Å². The van der Waals surface area contributed by atoms with Crippen LogP contribution in [0.25, 0.3) is 0 Å². The fourth-order valence-corrected chi connectivity index (χ4v) is 1.72. The van der Waals surface area contributed by atoms with Gasteiger partial charge in [-0.1, -0.05) is 6.07 Å². The van der Waals surface area contributed by atoms with Gasteiger partial charge in [-0.25, -0.2) is 0 Å². The summed E-state index contributed by atoms with van der Waals surface area (Å²) in [4.78, 5) is 4.27. The third kappa shape index (κ3) is 3.94. The lowest BCUT2D eigenvalue weighted by Gasteiger charge is -2.02. The van der Waals surface area contributed by atoms with Crippen molar-refractivity contribution in [3.8, 4) is 0 Å². The van der Waals surface area contributed by atoms with Crippen molar-refractivity contribution in [1.82, 2.24) is 20.1 Å². The highest BCUT2D eigenvalue weighted by molar-refractivity contribution is 5.05. The SMILES string of the molecule is OCCn1cc(CNCCc2ccccn2)cn1. The van der Waals surface area contributed by atoms with Gasteiger partial charge >= 0.3 is 0 Å². The fourth-order valence-electron chi connectivity index (χ4n) is 1.72. The molecule has 0 bridgehead atoms. The molecule has 0 aliphatic heterocycles. The zero-order chi connectivity index (χ0) is 12.6. The van der Waals surface area contributed by atoms with E-state index >= 15 is 0 Å². The molecule has 0 saturated heterocycles. The predicted octanol–water partition coefficient (Wildman–Crippen LogP) is 0.603. The summed E-state index contributed by atoms with van der Waals surface area (Å²) in [5, 5.41) is 16.3. The molecule has 0 fully saturated rings. The summed E-state index contributed by atoms with van der Waals surface area (Å²) in [6, 6.07) is 5.95. The van der Waals surface area contributed by atoms with E-state index in [1.165, 1.54) is 0 Å². The average molecular weight is 246 g/mol. The van der Waals surface area contributed by atoms with Crippen LogP contribution in [-0.2, 0) is 19.5 Å². The third-order valence-corrected chi connectivity index (χ3v) is 2.63. The third-order valence-electron chi connectivity index (χ3n) is 2.63. The van der Waals surface area contributed by atoms with E-state index in [0.717, 1.165) is 30.8 Å². The van der Waals surface area contributed by atoms with Crippen LogP contribution in [0.5, 0.6) is 0 Å². The van der Waals surface area contributed by atoms with Gasteiger partial charge in [0, 0.05) is 43.2 Å². The Bertz CT molecular complexity index is 455. The number of hydrogen-bond donors (Lipinski definition) is 2. The Labute approximate surface area is 106 Å². The topological polar surface area (TPSA) is 63.0 Å². The number of hydrogen-bond acceptors (Lipinski definition) is 4. The van der Waals surface area contributed by atoms with Gasteiger partial charge in [0.25, 0.3) is 0 Å². The standard InChI is InChI=1S/C13H18N4O/c18-8-7-17-11-12(10-16-17)9-14-6-4-13-3-1-2-5-15-13/h1-3,5,10-11,14,18H,4,6-9H2. The quantitative estimate of drug-likeness (QED) is 0.702. The van der Waals surface area contributed by atoms with Gasteiger partial charge in [-0.2, -0.15) is 5.10 Å². The molecule has 96 valence electrons. The molecule has 2 aromatic heterocycles. The highest BCUT2D eigenvalue weighted by atomic mass is 16.3. The van der Waals surface area contributed by atoms with Gasteiger partial charge in [0.05, 0.1) is 19.3 Å². The second kappa shape index (κ2) is 6.88. The Morgan fingerprint density at radius 2 is 2.28 bits per heavy atom. The van der Waals surface area contributed by atoms with Gasteiger partial charge in [-0.3, -0.25) is 9.67 Å². The number of nitrogens with zero attached hydrogens (tertiary/aromatic N) is 3. The van der Waals surface area contributed by atoms with Crippen molar-refractivity contribution in [2.45, 2.75) is 19.5 Å². The van der Waals surface area contributed by atoms with Crippen LogP contribution >= 0.6 is 0 Å².